The summed E-state index contributed by atoms with van der Waals surface area (Å²) >= 11 is 24.7. The Kier molecular flexibility index (Phi) is 4.73. The molecule has 102 valence electrons. The Bertz CT molecular complexity index is 561. The Hall–Kier alpha value is -0.340. The number of hydrogen-bond acceptors (Lipinski definition) is 1. The molecule has 0 spiro atoms. The lowest BCUT2D eigenvalue weighted by Crippen LogP contribution is -2.11. The first-order chi connectivity index (χ1) is 8.91. The van der Waals surface area contributed by atoms with Crippen LogP contribution < -0.4 is 4.90 Å². The summed E-state index contributed by atoms with van der Waals surface area (Å²) in [6.07, 6.45) is 2.52. The second-order valence-electron chi connectivity index (χ2n) is 4.62. The second-order valence-corrected chi connectivity index (χ2v) is 6.24. The lowest BCUT2D eigenvalue weighted by atomic mass is 9.91. The first-order valence-corrected chi connectivity index (χ1v) is 7.30. The predicted octanol–water partition coefficient (Wildman–Crippen LogP) is 5.71. The largest absolute Gasteiger partial charge is 0.376 e. The first-order valence-electron chi connectivity index (χ1n) is 5.79. The van der Waals surface area contributed by atoms with Gasteiger partial charge in [-0.3, -0.25) is 0 Å². The van der Waals surface area contributed by atoms with Crippen molar-refractivity contribution >= 4 is 52.1 Å². The van der Waals surface area contributed by atoms with Gasteiger partial charge in [0.1, 0.15) is 0 Å². The summed E-state index contributed by atoms with van der Waals surface area (Å²) in [5.74, 6) is 0.0508. The van der Waals surface area contributed by atoms with Gasteiger partial charge in [-0.1, -0.05) is 64.6 Å². The molecule has 0 saturated heterocycles. The summed E-state index contributed by atoms with van der Waals surface area (Å²) in [4.78, 5) is 1.98. The van der Waals surface area contributed by atoms with Crippen LogP contribution in [0.5, 0.6) is 0 Å². The smallest absolute Gasteiger partial charge is 0.0734 e. The van der Waals surface area contributed by atoms with Crippen LogP contribution in [0.2, 0.25) is 5.02 Å². The summed E-state index contributed by atoms with van der Waals surface area (Å²) in [5.41, 5.74) is 1.98. The molecule has 2 rings (SSSR count). The summed E-state index contributed by atoms with van der Waals surface area (Å²) in [6, 6.07) is 5.95. The molecule has 1 aliphatic rings. The minimum atomic E-state index is 0.0508. The van der Waals surface area contributed by atoms with Crippen molar-refractivity contribution in [2.24, 2.45) is 0 Å². The number of nitrogens with zero attached hydrogens (tertiary/aromatic N) is 1. The highest BCUT2D eigenvalue weighted by Crippen LogP contribution is 2.43. The third kappa shape index (κ3) is 3.05. The van der Waals surface area contributed by atoms with Gasteiger partial charge in [0, 0.05) is 25.0 Å². The fourth-order valence-electron chi connectivity index (χ4n) is 2.09. The van der Waals surface area contributed by atoms with E-state index in [9.17, 15) is 0 Å². The molecule has 1 atom stereocenters. The molecular formula is C14H13Cl4N. The van der Waals surface area contributed by atoms with Gasteiger partial charge in [-0.05, 0) is 18.1 Å². The average molecular weight is 337 g/mol. The molecule has 0 saturated carbocycles. The van der Waals surface area contributed by atoms with E-state index < -0.39 is 0 Å². The zero-order chi connectivity index (χ0) is 14.2. The van der Waals surface area contributed by atoms with E-state index in [1.165, 1.54) is 0 Å². The lowest BCUT2D eigenvalue weighted by Gasteiger charge is -2.23. The van der Waals surface area contributed by atoms with E-state index in [0.29, 0.717) is 21.5 Å². The molecule has 0 aliphatic heterocycles. The van der Waals surface area contributed by atoms with Crippen molar-refractivity contribution in [1.82, 2.24) is 0 Å². The van der Waals surface area contributed by atoms with Gasteiger partial charge in [-0.15, -0.1) is 0 Å². The minimum Gasteiger partial charge on any atom is -0.376 e. The van der Waals surface area contributed by atoms with Crippen LogP contribution in [-0.4, -0.2) is 14.1 Å². The molecule has 0 bridgehead atoms. The molecule has 1 aliphatic carbocycles. The normalized spacial score (nSPS) is 19.5. The number of rotatable bonds is 2. The fourth-order valence-corrected chi connectivity index (χ4v) is 3.25. The molecule has 1 aromatic carbocycles. The van der Waals surface area contributed by atoms with Gasteiger partial charge in [0.15, 0.2) is 0 Å². The third-order valence-electron chi connectivity index (χ3n) is 3.08. The van der Waals surface area contributed by atoms with Crippen molar-refractivity contribution in [3.8, 4) is 0 Å². The van der Waals surface area contributed by atoms with Crippen LogP contribution in [0.25, 0.3) is 0 Å². The standard InChI is InChI=1S/C14H13Cl4N/c1-19(2)12-5-3-4-9(13(12)17)8-6-10(15)14(18)11(16)7-8/h3-6,8H,7H2,1-2H3. The SMILES string of the molecule is CN(C)c1cccc(C2C=C(Cl)C(Cl)=C(Cl)C2)c1Cl. The third-order valence-corrected chi connectivity index (χ3v) is 4.78. The predicted molar refractivity (Wildman–Crippen MR) is 85.8 cm³/mol. The minimum absolute atomic E-state index is 0.0508. The van der Waals surface area contributed by atoms with Crippen molar-refractivity contribution in [3.05, 3.63) is 50.0 Å². The van der Waals surface area contributed by atoms with Gasteiger partial charge in [-0.2, -0.15) is 0 Å². The van der Waals surface area contributed by atoms with E-state index in [1.807, 2.05) is 43.3 Å². The highest BCUT2D eigenvalue weighted by atomic mass is 35.5. The van der Waals surface area contributed by atoms with Crippen molar-refractivity contribution in [2.75, 3.05) is 19.0 Å². The first kappa shape index (κ1) is 15.1. The highest BCUT2D eigenvalue weighted by Gasteiger charge is 2.23. The van der Waals surface area contributed by atoms with E-state index >= 15 is 0 Å². The molecule has 0 amide bonds. The van der Waals surface area contributed by atoms with Gasteiger partial charge >= 0.3 is 0 Å². The highest BCUT2D eigenvalue weighted by molar-refractivity contribution is 6.48. The molecular weight excluding hydrogens is 324 g/mol. The van der Waals surface area contributed by atoms with Crippen molar-refractivity contribution < 1.29 is 0 Å². The van der Waals surface area contributed by atoms with Crippen LogP contribution in [0, 0.1) is 0 Å². The van der Waals surface area contributed by atoms with Crippen molar-refractivity contribution in [1.29, 1.82) is 0 Å². The van der Waals surface area contributed by atoms with Gasteiger partial charge in [0.05, 0.1) is 20.8 Å². The Morgan fingerprint density at radius 1 is 1.11 bits per heavy atom. The van der Waals surface area contributed by atoms with Gasteiger partial charge < -0.3 is 4.90 Å². The van der Waals surface area contributed by atoms with E-state index in [2.05, 4.69) is 0 Å². The summed E-state index contributed by atoms with van der Waals surface area (Å²) in [7, 11) is 3.91. The molecule has 0 fully saturated rings. The molecule has 0 radical (unpaired) electrons. The quantitative estimate of drug-likeness (QED) is 0.669. The summed E-state index contributed by atoms with van der Waals surface area (Å²) in [6.45, 7) is 0. The summed E-state index contributed by atoms with van der Waals surface area (Å²) in [5, 5.41) is 2.21. The maximum absolute atomic E-state index is 6.46. The number of benzene rings is 1. The molecule has 0 N–H and O–H groups in total. The van der Waals surface area contributed by atoms with E-state index in [4.69, 9.17) is 46.4 Å². The molecule has 0 aromatic heterocycles. The second kappa shape index (κ2) is 5.97. The van der Waals surface area contributed by atoms with Gasteiger partial charge in [0.2, 0.25) is 0 Å². The lowest BCUT2D eigenvalue weighted by molar-refractivity contribution is 0.836. The van der Waals surface area contributed by atoms with Crippen LogP contribution in [0.1, 0.15) is 17.9 Å². The van der Waals surface area contributed by atoms with Crippen LogP contribution >= 0.6 is 46.4 Å². The maximum Gasteiger partial charge on any atom is 0.0734 e. The number of anilines is 1. The molecule has 1 nitrogen and oxygen atoms in total. The molecule has 1 aromatic rings. The number of halogens is 4. The Morgan fingerprint density at radius 2 is 1.79 bits per heavy atom. The van der Waals surface area contributed by atoms with Crippen LogP contribution in [0.15, 0.2) is 39.4 Å². The average Bonchev–Trinajstić information content (AvgIpc) is 2.35. The molecule has 1 unspecified atom stereocenters. The Labute approximate surface area is 133 Å². The summed E-state index contributed by atoms with van der Waals surface area (Å²) < 4.78 is 0. The van der Waals surface area contributed by atoms with E-state index in [1.54, 1.807) is 0 Å². The monoisotopic (exact) mass is 335 g/mol. The van der Waals surface area contributed by atoms with Gasteiger partial charge in [0.25, 0.3) is 0 Å². The number of allylic oxidation sites excluding steroid dienone is 4. The van der Waals surface area contributed by atoms with Crippen molar-refractivity contribution in [2.45, 2.75) is 12.3 Å². The maximum atomic E-state index is 6.46. The zero-order valence-corrected chi connectivity index (χ0v) is 13.6. The van der Waals surface area contributed by atoms with E-state index in [-0.39, 0.29) is 5.92 Å². The van der Waals surface area contributed by atoms with E-state index in [0.717, 1.165) is 16.3 Å². The molecule has 0 heterocycles. The van der Waals surface area contributed by atoms with Crippen LogP contribution in [0.3, 0.4) is 0 Å². The Morgan fingerprint density at radius 3 is 2.37 bits per heavy atom. The fraction of sp³-hybridized carbons (Fsp3) is 0.286. The van der Waals surface area contributed by atoms with Crippen LogP contribution in [-0.2, 0) is 0 Å². The number of hydrogen-bond donors (Lipinski definition) is 0. The van der Waals surface area contributed by atoms with Crippen LogP contribution in [0.4, 0.5) is 5.69 Å². The van der Waals surface area contributed by atoms with Gasteiger partial charge in [-0.25, -0.2) is 0 Å². The molecule has 5 heteroatoms. The topological polar surface area (TPSA) is 3.24 Å². The molecule has 19 heavy (non-hydrogen) atoms. The zero-order valence-electron chi connectivity index (χ0n) is 10.6. The Balaban J connectivity index is 2.43. The van der Waals surface area contributed by atoms with Crippen molar-refractivity contribution in [3.63, 3.8) is 0 Å².